The first-order valence-corrected chi connectivity index (χ1v) is 8.19. The summed E-state index contributed by atoms with van der Waals surface area (Å²) in [6.45, 7) is 3.99. The average Bonchev–Trinajstić information content (AvgIpc) is 2.95. The molecule has 0 N–H and O–H groups in total. The molecule has 2 aromatic rings. The van der Waals surface area contributed by atoms with Gasteiger partial charge >= 0.3 is 0 Å². The van der Waals surface area contributed by atoms with Crippen LogP contribution >= 0.6 is 11.3 Å². The van der Waals surface area contributed by atoms with Crippen molar-refractivity contribution in [1.82, 2.24) is 10.2 Å². The second kappa shape index (κ2) is 6.54. The first-order valence-electron chi connectivity index (χ1n) is 7.38. The van der Waals surface area contributed by atoms with Crippen LogP contribution in [0.25, 0.3) is 0 Å². The predicted octanol–water partition coefficient (Wildman–Crippen LogP) is 2.93. The lowest BCUT2D eigenvalue weighted by atomic mass is 9.89. The maximum absolute atomic E-state index is 5.71. The number of anilines is 1. The molecule has 0 unspecified atom stereocenters. The van der Waals surface area contributed by atoms with Gasteiger partial charge in [-0.15, -0.1) is 10.2 Å². The molecule has 0 saturated carbocycles. The first kappa shape index (κ1) is 14.5. The molecule has 1 fully saturated rings. The SMILES string of the molecule is CO[C@H]1CCN(c2nnc(C)s2)C[C@@H]1Cc1ccccc1. The van der Waals surface area contributed by atoms with Crippen molar-refractivity contribution in [2.24, 2.45) is 5.92 Å². The summed E-state index contributed by atoms with van der Waals surface area (Å²) in [7, 11) is 1.83. The second-order valence-corrected chi connectivity index (χ2v) is 6.72. The van der Waals surface area contributed by atoms with Crippen molar-refractivity contribution in [3.05, 3.63) is 40.9 Å². The average molecular weight is 303 g/mol. The predicted molar refractivity (Wildman–Crippen MR) is 85.9 cm³/mol. The number of methoxy groups -OCH3 is 1. The largest absolute Gasteiger partial charge is 0.381 e. The summed E-state index contributed by atoms with van der Waals surface area (Å²) in [5, 5.41) is 10.5. The molecule has 1 aromatic heterocycles. The molecule has 0 bridgehead atoms. The van der Waals surface area contributed by atoms with Gasteiger partial charge in [0.2, 0.25) is 5.13 Å². The van der Waals surface area contributed by atoms with Gasteiger partial charge in [0.1, 0.15) is 5.01 Å². The molecular formula is C16H21N3OS. The minimum absolute atomic E-state index is 0.329. The number of aryl methyl sites for hydroxylation is 1. The fourth-order valence-corrected chi connectivity index (χ4v) is 3.74. The molecular weight excluding hydrogens is 282 g/mol. The fraction of sp³-hybridized carbons (Fsp3) is 0.500. The molecule has 1 aromatic carbocycles. The molecule has 2 heterocycles. The Kier molecular flexibility index (Phi) is 4.51. The van der Waals surface area contributed by atoms with Crippen LogP contribution in [0.5, 0.6) is 0 Å². The fourth-order valence-electron chi connectivity index (χ4n) is 3.02. The number of aromatic nitrogens is 2. The summed E-state index contributed by atoms with van der Waals surface area (Å²) in [4.78, 5) is 2.35. The third-order valence-electron chi connectivity index (χ3n) is 4.09. The zero-order valence-corrected chi connectivity index (χ0v) is 13.3. The zero-order chi connectivity index (χ0) is 14.7. The Morgan fingerprint density at radius 1 is 1.29 bits per heavy atom. The van der Waals surface area contributed by atoms with Gasteiger partial charge in [-0.05, 0) is 25.3 Å². The number of hydrogen-bond acceptors (Lipinski definition) is 5. The van der Waals surface area contributed by atoms with Crippen molar-refractivity contribution in [3.8, 4) is 0 Å². The maximum Gasteiger partial charge on any atom is 0.208 e. The molecule has 2 atom stereocenters. The van der Waals surface area contributed by atoms with E-state index in [9.17, 15) is 0 Å². The number of nitrogens with zero attached hydrogens (tertiary/aromatic N) is 3. The quantitative estimate of drug-likeness (QED) is 0.870. The minimum atomic E-state index is 0.329. The third-order valence-corrected chi connectivity index (χ3v) is 4.99. The Morgan fingerprint density at radius 2 is 2.10 bits per heavy atom. The number of piperidine rings is 1. The number of hydrogen-bond donors (Lipinski definition) is 0. The van der Waals surface area contributed by atoms with Gasteiger partial charge in [0.05, 0.1) is 6.10 Å². The van der Waals surface area contributed by atoms with Gasteiger partial charge < -0.3 is 9.64 Å². The van der Waals surface area contributed by atoms with Crippen LogP contribution in [0.1, 0.15) is 17.0 Å². The summed E-state index contributed by atoms with van der Waals surface area (Å²) in [6.07, 6.45) is 2.43. The molecule has 0 radical (unpaired) electrons. The minimum Gasteiger partial charge on any atom is -0.381 e. The van der Waals surface area contributed by atoms with Crippen molar-refractivity contribution < 1.29 is 4.74 Å². The summed E-state index contributed by atoms with van der Waals surface area (Å²) in [5.74, 6) is 0.496. The van der Waals surface area contributed by atoms with Crippen molar-refractivity contribution in [1.29, 1.82) is 0 Å². The van der Waals surface area contributed by atoms with E-state index in [1.165, 1.54) is 5.56 Å². The summed E-state index contributed by atoms with van der Waals surface area (Å²) < 4.78 is 5.71. The number of benzene rings is 1. The van der Waals surface area contributed by atoms with Gasteiger partial charge in [-0.3, -0.25) is 0 Å². The molecule has 0 amide bonds. The van der Waals surface area contributed by atoms with Gasteiger partial charge in [0.15, 0.2) is 0 Å². The van der Waals surface area contributed by atoms with Crippen LogP contribution < -0.4 is 4.90 Å². The Hall–Kier alpha value is -1.46. The Bertz CT molecular complexity index is 572. The molecule has 0 aliphatic carbocycles. The van der Waals surface area contributed by atoms with Crippen LogP contribution in [0, 0.1) is 12.8 Å². The normalized spacial score (nSPS) is 22.5. The van der Waals surface area contributed by atoms with E-state index in [1.807, 2.05) is 14.0 Å². The highest BCUT2D eigenvalue weighted by Crippen LogP contribution is 2.29. The van der Waals surface area contributed by atoms with Gasteiger partial charge in [-0.1, -0.05) is 41.7 Å². The molecule has 21 heavy (non-hydrogen) atoms. The summed E-state index contributed by atoms with van der Waals surface area (Å²) >= 11 is 1.67. The topological polar surface area (TPSA) is 38.2 Å². The van der Waals surface area contributed by atoms with Crippen LogP contribution in [0.15, 0.2) is 30.3 Å². The van der Waals surface area contributed by atoms with Crippen molar-refractivity contribution >= 4 is 16.5 Å². The second-order valence-electron chi connectivity index (χ2n) is 5.56. The lowest BCUT2D eigenvalue weighted by Crippen LogP contribution is -2.45. The van der Waals surface area contributed by atoms with Gasteiger partial charge in [0.25, 0.3) is 0 Å². The Labute approximate surface area is 129 Å². The van der Waals surface area contributed by atoms with E-state index >= 15 is 0 Å². The zero-order valence-electron chi connectivity index (χ0n) is 12.5. The molecule has 1 aliphatic rings. The molecule has 0 spiro atoms. The van der Waals surface area contributed by atoms with Crippen LogP contribution in [-0.4, -0.2) is 36.5 Å². The molecule has 1 saturated heterocycles. The van der Waals surface area contributed by atoms with E-state index in [1.54, 1.807) is 11.3 Å². The smallest absolute Gasteiger partial charge is 0.208 e. The monoisotopic (exact) mass is 303 g/mol. The Morgan fingerprint density at radius 3 is 2.76 bits per heavy atom. The third kappa shape index (κ3) is 3.41. The summed E-state index contributed by atoms with van der Waals surface area (Å²) in [5.41, 5.74) is 1.37. The van der Waals surface area contributed by atoms with Gasteiger partial charge in [-0.25, -0.2) is 0 Å². The highest BCUT2D eigenvalue weighted by atomic mass is 32.1. The molecule has 5 heteroatoms. The van der Waals surface area contributed by atoms with Crippen molar-refractivity contribution in [3.63, 3.8) is 0 Å². The van der Waals surface area contributed by atoms with E-state index in [0.29, 0.717) is 12.0 Å². The van der Waals surface area contributed by atoms with Crippen LogP contribution in [0.2, 0.25) is 0 Å². The van der Waals surface area contributed by atoms with E-state index < -0.39 is 0 Å². The number of rotatable bonds is 4. The van der Waals surface area contributed by atoms with E-state index in [4.69, 9.17) is 4.74 Å². The first-order chi connectivity index (χ1) is 10.3. The summed E-state index contributed by atoms with van der Waals surface area (Å²) in [6, 6.07) is 10.7. The van der Waals surface area contributed by atoms with E-state index in [2.05, 4.69) is 45.4 Å². The van der Waals surface area contributed by atoms with Gasteiger partial charge in [0, 0.05) is 26.1 Å². The molecule has 1 aliphatic heterocycles. The van der Waals surface area contributed by atoms with Crippen LogP contribution in [-0.2, 0) is 11.2 Å². The molecule has 3 rings (SSSR count). The highest BCUT2D eigenvalue weighted by Gasteiger charge is 2.30. The van der Waals surface area contributed by atoms with E-state index in [0.717, 1.165) is 36.1 Å². The van der Waals surface area contributed by atoms with Crippen LogP contribution in [0.4, 0.5) is 5.13 Å². The Balaban J connectivity index is 1.72. The van der Waals surface area contributed by atoms with Crippen molar-refractivity contribution in [2.75, 3.05) is 25.1 Å². The number of ether oxygens (including phenoxy) is 1. The highest BCUT2D eigenvalue weighted by molar-refractivity contribution is 7.15. The molecule has 4 nitrogen and oxygen atoms in total. The van der Waals surface area contributed by atoms with Crippen molar-refractivity contribution in [2.45, 2.75) is 25.9 Å². The standard InChI is InChI=1S/C16H21N3OS/c1-12-17-18-16(21-12)19-9-8-15(20-2)14(11-19)10-13-6-4-3-5-7-13/h3-7,14-15H,8-11H2,1-2H3/t14-,15-/m0/s1. The lowest BCUT2D eigenvalue weighted by molar-refractivity contribution is 0.0376. The lowest BCUT2D eigenvalue weighted by Gasteiger charge is -2.37. The maximum atomic E-state index is 5.71. The van der Waals surface area contributed by atoms with E-state index in [-0.39, 0.29) is 0 Å². The van der Waals surface area contributed by atoms with Crippen LogP contribution in [0.3, 0.4) is 0 Å². The van der Waals surface area contributed by atoms with Gasteiger partial charge in [-0.2, -0.15) is 0 Å². The molecule has 112 valence electrons.